The van der Waals surface area contributed by atoms with Crippen LogP contribution in [0.5, 0.6) is 5.88 Å². The summed E-state index contributed by atoms with van der Waals surface area (Å²) in [6.45, 7) is 0.237. The molecule has 0 aliphatic carbocycles. The molecule has 130 valence electrons. The van der Waals surface area contributed by atoms with E-state index in [-0.39, 0.29) is 12.4 Å². The third kappa shape index (κ3) is 4.07. The Labute approximate surface area is 155 Å². The van der Waals surface area contributed by atoms with Crippen molar-refractivity contribution < 1.29 is 9.13 Å². The standard InChI is InChI=1S/C22H14FN3O/c23-18-11-8-17(9-12-18)15-27-22-20(13-10-16-5-2-1-3-6-16)25-21-19(26-22)7-4-14-24-21/h1-9,11-12,14H,15H2. The fourth-order valence-electron chi connectivity index (χ4n) is 2.45. The highest BCUT2D eigenvalue weighted by Gasteiger charge is 2.09. The third-order valence-corrected chi connectivity index (χ3v) is 3.80. The fraction of sp³-hybridized carbons (Fsp3) is 0.0455. The van der Waals surface area contributed by atoms with Crippen molar-refractivity contribution in [3.8, 4) is 17.7 Å². The van der Waals surface area contributed by atoms with Crippen molar-refractivity contribution in [2.75, 3.05) is 0 Å². The predicted octanol–water partition coefficient (Wildman–Crippen LogP) is 4.14. The van der Waals surface area contributed by atoms with Gasteiger partial charge in [-0.2, -0.15) is 0 Å². The van der Waals surface area contributed by atoms with Crippen LogP contribution in [0.2, 0.25) is 0 Å². The van der Waals surface area contributed by atoms with Crippen LogP contribution in [-0.4, -0.2) is 15.0 Å². The summed E-state index contributed by atoms with van der Waals surface area (Å²) in [6.07, 6.45) is 1.66. The van der Waals surface area contributed by atoms with E-state index >= 15 is 0 Å². The van der Waals surface area contributed by atoms with Crippen molar-refractivity contribution in [3.63, 3.8) is 0 Å². The van der Waals surface area contributed by atoms with E-state index in [2.05, 4.69) is 26.8 Å². The van der Waals surface area contributed by atoms with Gasteiger partial charge in [0.25, 0.3) is 0 Å². The number of fused-ring (bicyclic) bond motifs is 1. The number of aromatic nitrogens is 3. The Kier molecular flexibility index (Phi) is 4.71. The number of hydrogen-bond donors (Lipinski definition) is 0. The van der Waals surface area contributed by atoms with Crippen LogP contribution in [0.1, 0.15) is 16.8 Å². The smallest absolute Gasteiger partial charge is 0.250 e. The van der Waals surface area contributed by atoms with Crippen molar-refractivity contribution >= 4 is 11.2 Å². The average molecular weight is 355 g/mol. The summed E-state index contributed by atoms with van der Waals surface area (Å²) in [5.74, 6) is 6.12. The van der Waals surface area contributed by atoms with Crippen LogP contribution < -0.4 is 4.74 Å². The summed E-state index contributed by atoms with van der Waals surface area (Å²) in [5.41, 5.74) is 3.23. The van der Waals surface area contributed by atoms with Gasteiger partial charge in [-0.05, 0) is 47.9 Å². The largest absolute Gasteiger partial charge is 0.471 e. The van der Waals surface area contributed by atoms with Crippen LogP contribution in [0.4, 0.5) is 4.39 Å². The molecule has 0 saturated carbocycles. The minimum atomic E-state index is -0.287. The van der Waals surface area contributed by atoms with E-state index in [9.17, 15) is 4.39 Å². The topological polar surface area (TPSA) is 47.9 Å². The van der Waals surface area contributed by atoms with Crippen LogP contribution in [0.25, 0.3) is 11.2 Å². The van der Waals surface area contributed by atoms with Gasteiger partial charge in [-0.25, -0.2) is 19.3 Å². The Morgan fingerprint density at radius 2 is 1.67 bits per heavy atom. The molecule has 2 heterocycles. The Balaban J connectivity index is 1.68. The summed E-state index contributed by atoms with van der Waals surface area (Å²) < 4.78 is 18.9. The summed E-state index contributed by atoms with van der Waals surface area (Å²) in [7, 11) is 0. The van der Waals surface area contributed by atoms with Gasteiger partial charge >= 0.3 is 0 Å². The molecule has 0 fully saturated rings. The number of benzene rings is 2. The quantitative estimate of drug-likeness (QED) is 0.518. The van der Waals surface area contributed by atoms with Gasteiger partial charge in [-0.3, -0.25) is 0 Å². The first-order valence-electron chi connectivity index (χ1n) is 8.35. The van der Waals surface area contributed by atoms with Crippen LogP contribution in [0.3, 0.4) is 0 Å². The summed E-state index contributed by atoms with van der Waals surface area (Å²) >= 11 is 0. The summed E-state index contributed by atoms with van der Waals surface area (Å²) in [5, 5.41) is 0. The Morgan fingerprint density at radius 1 is 0.852 bits per heavy atom. The van der Waals surface area contributed by atoms with Crippen LogP contribution in [0.15, 0.2) is 72.9 Å². The van der Waals surface area contributed by atoms with E-state index < -0.39 is 0 Å². The zero-order valence-corrected chi connectivity index (χ0v) is 14.3. The molecule has 0 spiro atoms. The van der Waals surface area contributed by atoms with Gasteiger partial charge in [0.15, 0.2) is 11.3 Å². The molecule has 2 aromatic heterocycles. The van der Waals surface area contributed by atoms with E-state index in [1.165, 1.54) is 12.1 Å². The molecule has 0 N–H and O–H groups in total. The number of hydrogen-bond acceptors (Lipinski definition) is 4. The zero-order valence-electron chi connectivity index (χ0n) is 14.3. The molecule has 0 bridgehead atoms. The number of halogens is 1. The molecule has 0 amide bonds. The fourth-order valence-corrected chi connectivity index (χ4v) is 2.45. The van der Waals surface area contributed by atoms with Crippen LogP contribution in [0, 0.1) is 17.7 Å². The zero-order chi connectivity index (χ0) is 18.5. The molecular weight excluding hydrogens is 341 g/mol. The lowest BCUT2D eigenvalue weighted by Crippen LogP contribution is -2.02. The SMILES string of the molecule is Fc1ccc(COc2nc3cccnc3nc2C#Cc2ccccc2)cc1. The van der Waals surface area contributed by atoms with Gasteiger partial charge in [-0.1, -0.05) is 36.3 Å². The molecular formula is C22H14FN3O. The molecule has 5 heteroatoms. The van der Waals surface area contributed by atoms with Crippen molar-refractivity contribution in [1.82, 2.24) is 15.0 Å². The minimum Gasteiger partial charge on any atom is -0.471 e. The molecule has 4 nitrogen and oxygen atoms in total. The van der Waals surface area contributed by atoms with Crippen LogP contribution >= 0.6 is 0 Å². The van der Waals surface area contributed by atoms with Crippen molar-refractivity contribution in [1.29, 1.82) is 0 Å². The van der Waals surface area contributed by atoms with Crippen LogP contribution in [-0.2, 0) is 6.61 Å². The van der Waals surface area contributed by atoms with E-state index in [4.69, 9.17) is 4.74 Å². The first-order chi connectivity index (χ1) is 13.3. The van der Waals surface area contributed by atoms with Gasteiger partial charge in [0.05, 0.1) is 0 Å². The van der Waals surface area contributed by atoms with E-state index in [0.29, 0.717) is 22.7 Å². The molecule has 0 atom stereocenters. The van der Waals surface area contributed by atoms with Crippen molar-refractivity contribution in [3.05, 3.63) is 95.6 Å². The Morgan fingerprint density at radius 3 is 2.48 bits per heavy atom. The average Bonchev–Trinajstić information content (AvgIpc) is 2.72. The lowest BCUT2D eigenvalue weighted by molar-refractivity contribution is 0.292. The Bertz CT molecular complexity index is 1130. The maximum absolute atomic E-state index is 13.1. The van der Waals surface area contributed by atoms with Gasteiger partial charge in [0.1, 0.15) is 17.9 Å². The summed E-state index contributed by atoms with van der Waals surface area (Å²) in [4.78, 5) is 13.2. The number of ether oxygens (including phenoxy) is 1. The second-order valence-electron chi connectivity index (χ2n) is 5.75. The second kappa shape index (κ2) is 7.63. The van der Waals surface area contributed by atoms with Gasteiger partial charge in [0, 0.05) is 11.8 Å². The highest BCUT2D eigenvalue weighted by Crippen LogP contribution is 2.18. The lowest BCUT2D eigenvalue weighted by Gasteiger charge is -2.08. The van der Waals surface area contributed by atoms with E-state index in [0.717, 1.165) is 11.1 Å². The predicted molar refractivity (Wildman–Crippen MR) is 100 cm³/mol. The normalized spacial score (nSPS) is 10.3. The maximum atomic E-state index is 13.1. The number of rotatable bonds is 3. The first-order valence-corrected chi connectivity index (χ1v) is 8.35. The molecule has 0 saturated heterocycles. The van der Waals surface area contributed by atoms with E-state index in [1.54, 1.807) is 24.4 Å². The van der Waals surface area contributed by atoms with Crippen molar-refractivity contribution in [2.24, 2.45) is 0 Å². The highest BCUT2D eigenvalue weighted by molar-refractivity contribution is 5.71. The van der Waals surface area contributed by atoms with Crippen molar-refractivity contribution in [2.45, 2.75) is 6.61 Å². The molecule has 4 aromatic rings. The molecule has 0 unspecified atom stereocenters. The Hall–Kier alpha value is -3.78. The number of pyridine rings is 1. The first kappa shape index (κ1) is 16.7. The molecule has 0 aliphatic heterocycles. The van der Waals surface area contributed by atoms with Gasteiger partial charge in [-0.15, -0.1) is 0 Å². The lowest BCUT2D eigenvalue weighted by atomic mass is 10.2. The second-order valence-corrected chi connectivity index (χ2v) is 5.75. The van der Waals surface area contributed by atoms with Gasteiger partial charge < -0.3 is 4.74 Å². The summed E-state index contributed by atoms with van der Waals surface area (Å²) in [6, 6.07) is 19.3. The molecule has 0 radical (unpaired) electrons. The minimum absolute atomic E-state index is 0.237. The van der Waals surface area contributed by atoms with Gasteiger partial charge in [0.2, 0.25) is 5.88 Å². The maximum Gasteiger partial charge on any atom is 0.250 e. The third-order valence-electron chi connectivity index (χ3n) is 3.80. The van der Waals surface area contributed by atoms with E-state index in [1.807, 2.05) is 36.4 Å². The molecule has 27 heavy (non-hydrogen) atoms. The monoisotopic (exact) mass is 355 g/mol. The highest BCUT2D eigenvalue weighted by atomic mass is 19.1. The molecule has 4 rings (SSSR count). The molecule has 2 aromatic carbocycles. The molecule has 0 aliphatic rings. The number of nitrogens with zero attached hydrogens (tertiary/aromatic N) is 3.